The van der Waals surface area contributed by atoms with Gasteiger partial charge in [-0.05, 0) is 31.0 Å². The molecular weight excluding hydrogens is 459 g/mol. The first-order valence-electron chi connectivity index (χ1n) is 10.6. The van der Waals surface area contributed by atoms with Crippen LogP contribution in [0.1, 0.15) is 25.8 Å². The lowest BCUT2D eigenvalue weighted by Crippen LogP contribution is -2.49. The van der Waals surface area contributed by atoms with Crippen LogP contribution in [0, 0.1) is 5.82 Å². The molecule has 0 spiro atoms. The third kappa shape index (κ3) is 4.65. The molecule has 1 unspecified atom stereocenters. The predicted octanol–water partition coefficient (Wildman–Crippen LogP) is 2.98. The monoisotopic (exact) mass is 482 g/mol. The van der Waals surface area contributed by atoms with Gasteiger partial charge < -0.3 is 5.32 Å². The van der Waals surface area contributed by atoms with Crippen LogP contribution in [0.3, 0.4) is 0 Å². The summed E-state index contributed by atoms with van der Waals surface area (Å²) in [5.41, 5.74) is 2.54. The van der Waals surface area contributed by atoms with Crippen molar-refractivity contribution in [1.29, 1.82) is 0 Å². The molecule has 1 atom stereocenters. The number of thioether (sulfide) groups is 1. The zero-order chi connectivity index (χ0) is 24.3. The molecule has 176 valence electrons. The number of hydrogen-bond donors (Lipinski definition) is 2. The number of nitrogens with one attached hydrogen (secondary N) is 2. The summed E-state index contributed by atoms with van der Waals surface area (Å²) >= 11 is 1.07. The molecule has 1 aromatic heterocycles. The largest absolute Gasteiger partial charge is 0.344 e. The minimum Gasteiger partial charge on any atom is -0.322 e. The van der Waals surface area contributed by atoms with Crippen molar-refractivity contribution >= 4 is 29.6 Å². The Morgan fingerprint density at radius 1 is 1.12 bits per heavy atom. The van der Waals surface area contributed by atoms with Crippen molar-refractivity contribution in [1.82, 2.24) is 30.5 Å². The van der Waals surface area contributed by atoms with Crippen molar-refractivity contribution in [3.63, 3.8) is 0 Å². The third-order valence-electron chi connectivity index (χ3n) is 5.55. The van der Waals surface area contributed by atoms with E-state index in [1.807, 2.05) is 30.3 Å². The molecule has 9 nitrogen and oxygen atoms in total. The SMILES string of the molecule is CCC1(C)NC(=O)N(NC(=O)CSc2nnc(-c3ccccc3F)n2Cc2ccccc2)C1=O. The number of hydrogen-bond acceptors (Lipinski definition) is 6. The molecule has 1 aliphatic heterocycles. The molecule has 4 amide bonds. The Bertz CT molecular complexity index is 1230. The second-order valence-corrected chi connectivity index (χ2v) is 8.88. The van der Waals surface area contributed by atoms with E-state index in [0.29, 0.717) is 34.5 Å². The molecule has 3 aromatic rings. The van der Waals surface area contributed by atoms with Crippen molar-refractivity contribution in [3.05, 3.63) is 66.0 Å². The lowest BCUT2D eigenvalue weighted by molar-refractivity contribution is -0.137. The average Bonchev–Trinajstić information content (AvgIpc) is 3.32. The smallest absolute Gasteiger partial charge is 0.322 e. The van der Waals surface area contributed by atoms with Crippen LogP contribution in [0.25, 0.3) is 11.4 Å². The summed E-state index contributed by atoms with van der Waals surface area (Å²) in [6.07, 6.45) is 0.389. The zero-order valence-electron chi connectivity index (χ0n) is 18.6. The molecule has 0 saturated carbocycles. The van der Waals surface area contributed by atoms with Gasteiger partial charge in [0.05, 0.1) is 17.9 Å². The van der Waals surface area contributed by atoms with Crippen LogP contribution in [0.15, 0.2) is 59.8 Å². The summed E-state index contributed by atoms with van der Waals surface area (Å²) < 4.78 is 16.2. The first kappa shape index (κ1) is 23.4. The molecule has 2 aromatic carbocycles. The van der Waals surface area contributed by atoms with Gasteiger partial charge in [0, 0.05) is 0 Å². The van der Waals surface area contributed by atoms with E-state index in [9.17, 15) is 18.8 Å². The van der Waals surface area contributed by atoms with Crippen LogP contribution in [-0.4, -0.2) is 48.9 Å². The fourth-order valence-corrected chi connectivity index (χ4v) is 4.19. The van der Waals surface area contributed by atoms with Crippen molar-refractivity contribution in [2.24, 2.45) is 0 Å². The number of halogens is 1. The van der Waals surface area contributed by atoms with E-state index in [2.05, 4.69) is 20.9 Å². The van der Waals surface area contributed by atoms with E-state index in [1.54, 1.807) is 36.6 Å². The fraction of sp³-hybridized carbons (Fsp3) is 0.261. The number of carbonyl (C=O) groups is 3. The first-order valence-corrected chi connectivity index (χ1v) is 11.6. The van der Waals surface area contributed by atoms with Crippen LogP contribution in [0.5, 0.6) is 0 Å². The number of nitrogens with zero attached hydrogens (tertiary/aromatic N) is 4. The molecular formula is C23H23FN6O3S. The number of urea groups is 1. The van der Waals surface area contributed by atoms with Gasteiger partial charge in [0.25, 0.3) is 5.91 Å². The molecule has 0 bridgehead atoms. The maximum atomic E-state index is 14.5. The second kappa shape index (κ2) is 9.64. The van der Waals surface area contributed by atoms with Crippen LogP contribution in [0.2, 0.25) is 0 Å². The standard InChI is InChI=1S/C23H23FN6O3S/c1-3-23(2)20(32)30(21(33)25-23)28-18(31)14-34-22-27-26-19(16-11-7-8-12-17(16)24)29(22)13-15-9-5-4-6-10-15/h4-12H,3,13-14H2,1-2H3,(H,25,33)(H,28,31). The van der Waals surface area contributed by atoms with E-state index in [0.717, 1.165) is 17.3 Å². The molecule has 34 heavy (non-hydrogen) atoms. The highest BCUT2D eigenvalue weighted by atomic mass is 32.2. The summed E-state index contributed by atoms with van der Waals surface area (Å²) in [5.74, 6) is -1.32. The molecule has 1 aliphatic rings. The molecule has 11 heteroatoms. The van der Waals surface area contributed by atoms with E-state index in [-0.39, 0.29) is 5.75 Å². The number of hydrazine groups is 1. The number of aromatic nitrogens is 3. The highest BCUT2D eigenvalue weighted by Gasteiger charge is 2.47. The predicted molar refractivity (Wildman–Crippen MR) is 124 cm³/mol. The zero-order valence-corrected chi connectivity index (χ0v) is 19.4. The Hall–Kier alpha value is -3.73. The Labute approximate surface area is 199 Å². The Kier molecular flexibility index (Phi) is 6.64. The molecule has 2 heterocycles. The van der Waals surface area contributed by atoms with Crippen LogP contribution in [0.4, 0.5) is 9.18 Å². The molecule has 0 radical (unpaired) electrons. The molecule has 2 N–H and O–H groups in total. The number of amides is 4. The number of imide groups is 1. The second-order valence-electron chi connectivity index (χ2n) is 7.94. The number of benzene rings is 2. The van der Waals surface area contributed by atoms with Gasteiger partial charge in [-0.3, -0.25) is 19.6 Å². The summed E-state index contributed by atoms with van der Waals surface area (Å²) in [5, 5.41) is 12.0. The fourth-order valence-electron chi connectivity index (χ4n) is 3.46. The Balaban J connectivity index is 1.53. The topological polar surface area (TPSA) is 109 Å². The van der Waals surface area contributed by atoms with Crippen molar-refractivity contribution in [2.75, 3.05) is 5.75 Å². The van der Waals surface area contributed by atoms with Crippen LogP contribution in [-0.2, 0) is 16.1 Å². The van der Waals surface area contributed by atoms with Gasteiger partial charge in [-0.1, -0.05) is 61.2 Å². The number of rotatable bonds is 8. The van der Waals surface area contributed by atoms with Gasteiger partial charge in [-0.25, -0.2) is 9.18 Å². The lowest BCUT2D eigenvalue weighted by atomic mass is 10.00. The van der Waals surface area contributed by atoms with Gasteiger partial charge >= 0.3 is 6.03 Å². The maximum absolute atomic E-state index is 14.5. The summed E-state index contributed by atoms with van der Waals surface area (Å²) in [6.45, 7) is 3.74. The average molecular weight is 483 g/mol. The van der Waals surface area contributed by atoms with Crippen LogP contribution >= 0.6 is 11.8 Å². The van der Waals surface area contributed by atoms with Gasteiger partial charge in [-0.2, -0.15) is 5.01 Å². The third-order valence-corrected chi connectivity index (χ3v) is 6.52. The highest BCUT2D eigenvalue weighted by Crippen LogP contribution is 2.27. The maximum Gasteiger partial charge on any atom is 0.344 e. The van der Waals surface area contributed by atoms with Crippen LogP contribution < -0.4 is 10.7 Å². The van der Waals surface area contributed by atoms with E-state index in [1.165, 1.54) is 6.07 Å². The van der Waals surface area contributed by atoms with Gasteiger partial charge in [0.2, 0.25) is 5.91 Å². The minimum atomic E-state index is -1.05. The summed E-state index contributed by atoms with van der Waals surface area (Å²) in [7, 11) is 0. The Morgan fingerprint density at radius 3 is 2.50 bits per heavy atom. The molecule has 0 aliphatic carbocycles. The normalized spacial score (nSPS) is 17.7. The van der Waals surface area contributed by atoms with Gasteiger partial charge in [-0.15, -0.1) is 10.2 Å². The van der Waals surface area contributed by atoms with Crippen molar-refractivity contribution in [2.45, 2.75) is 37.5 Å². The van der Waals surface area contributed by atoms with Crippen molar-refractivity contribution < 1.29 is 18.8 Å². The van der Waals surface area contributed by atoms with E-state index >= 15 is 0 Å². The summed E-state index contributed by atoms with van der Waals surface area (Å²) in [6, 6.07) is 15.1. The lowest BCUT2D eigenvalue weighted by Gasteiger charge is -2.19. The first-order chi connectivity index (χ1) is 16.3. The van der Waals surface area contributed by atoms with Gasteiger partial charge in [0.15, 0.2) is 11.0 Å². The quantitative estimate of drug-likeness (QED) is 0.377. The molecule has 1 fully saturated rings. The van der Waals surface area contributed by atoms with E-state index in [4.69, 9.17) is 0 Å². The summed E-state index contributed by atoms with van der Waals surface area (Å²) in [4.78, 5) is 37.2. The minimum absolute atomic E-state index is 0.135. The Morgan fingerprint density at radius 2 is 1.82 bits per heavy atom. The molecule has 1 saturated heterocycles. The van der Waals surface area contributed by atoms with Gasteiger partial charge in [0.1, 0.15) is 11.4 Å². The number of carbonyl (C=O) groups excluding carboxylic acids is 3. The van der Waals surface area contributed by atoms with Crippen molar-refractivity contribution in [3.8, 4) is 11.4 Å². The highest BCUT2D eigenvalue weighted by molar-refractivity contribution is 7.99. The molecule has 4 rings (SSSR count). The van der Waals surface area contributed by atoms with E-state index < -0.39 is 29.2 Å².